The van der Waals surface area contributed by atoms with Crippen molar-refractivity contribution in [2.75, 3.05) is 25.2 Å². The maximum atomic E-state index is 11.2. The summed E-state index contributed by atoms with van der Waals surface area (Å²) in [6.07, 6.45) is 0. The molecule has 0 aliphatic carbocycles. The van der Waals surface area contributed by atoms with E-state index in [1.54, 1.807) is 14.0 Å². The average Bonchev–Trinajstić information content (AvgIpc) is 2.31. The van der Waals surface area contributed by atoms with Crippen molar-refractivity contribution in [3.8, 4) is 0 Å². The van der Waals surface area contributed by atoms with E-state index in [9.17, 15) is 4.79 Å². The predicted molar refractivity (Wildman–Crippen MR) is 70.8 cm³/mol. The fraction of sp³-hybridized carbons (Fsp3) is 0.500. The van der Waals surface area contributed by atoms with Gasteiger partial charge in [-0.3, -0.25) is 4.79 Å². The third-order valence-corrected chi connectivity index (χ3v) is 2.89. The molecule has 3 nitrogen and oxygen atoms in total. The molecule has 1 unspecified atom stereocenters. The minimum absolute atomic E-state index is 0.101. The Morgan fingerprint density at radius 2 is 1.94 bits per heavy atom. The topological polar surface area (TPSA) is 29.5 Å². The Hall–Kier alpha value is -1.35. The summed E-state index contributed by atoms with van der Waals surface area (Å²) in [6.45, 7) is 7.45. The van der Waals surface area contributed by atoms with Crippen molar-refractivity contribution in [2.45, 2.75) is 26.8 Å². The van der Waals surface area contributed by atoms with E-state index in [4.69, 9.17) is 4.74 Å². The molecule has 1 aromatic carbocycles. The van der Waals surface area contributed by atoms with Crippen molar-refractivity contribution in [2.24, 2.45) is 0 Å². The van der Waals surface area contributed by atoms with Gasteiger partial charge < -0.3 is 9.64 Å². The zero-order valence-corrected chi connectivity index (χ0v) is 11.1. The highest BCUT2D eigenvalue weighted by atomic mass is 16.5. The molecule has 17 heavy (non-hydrogen) atoms. The largest absolute Gasteiger partial charge is 0.383 e. The maximum absolute atomic E-state index is 11.2. The molecule has 0 bridgehead atoms. The molecule has 0 amide bonds. The first-order valence-electron chi connectivity index (χ1n) is 5.96. The first kappa shape index (κ1) is 13.7. The Balaban J connectivity index is 2.85. The number of hydrogen-bond acceptors (Lipinski definition) is 3. The van der Waals surface area contributed by atoms with E-state index in [0.717, 1.165) is 17.8 Å². The van der Waals surface area contributed by atoms with Crippen LogP contribution in [0.3, 0.4) is 0 Å². The molecule has 0 fully saturated rings. The van der Waals surface area contributed by atoms with Gasteiger partial charge in [0.25, 0.3) is 0 Å². The third kappa shape index (κ3) is 3.56. The number of likely N-dealkylation sites (N-methyl/N-ethyl adjacent to an activating group) is 1. The van der Waals surface area contributed by atoms with Crippen LogP contribution in [0.15, 0.2) is 24.3 Å². The van der Waals surface area contributed by atoms with Gasteiger partial charge in [0.15, 0.2) is 5.78 Å². The standard InChI is InChI=1S/C14H21NO2/c1-5-15(11(2)10-17-4)14-8-6-13(7-9-14)12(3)16/h6-9,11H,5,10H2,1-4H3. The number of benzene rings is 1. The highest BCUT2D eigenvalue weighted by Crippen LogP contribution is 2.18. The van der Waals surface area contributed by atoms with Crippen LogP contribution in [0, 0.1) is 0 Å². The van der Waals surface area contributed by atoms with Gasteiger partial charge in [0.1, 0.15) is 0 Å². The molecule has 0 aliphatic rings. The van der Waals surface area contributed by atoms with Crippen molar-refractivity contribution in [3.63, 3.8) is 0 Å². The minimum atomic E-state index is 0.101. The monoisotopic (exact) mass is 235 g/mol. The van der Waals surface area contributed by atoms with Gasteiger partial charge in [0, 0.05) is 30.9 Å². The van der Waals surface area contributed by atoms with Crippen LogP contribution >= 0.6 is 0 Å². The van der Waals surface area contributed by atoms with Crippen LogP contribution in [0.4, 0.5) is 5.69 Å². The molecule has 0 heterocycles. The molecule has 1 aromatic rings. The van der Waals surface area contributed by atoms with Gasteiger partial charge in [-0.25, -0.2) is 0 Å². The summed E-state index contributed by atoms with van der Waals surface area (Å²) >= 11 is 0. The molecule has 0 saturated carbocycles. The molecule has 94 valence electrons. The lowest BCUT2D eigenvalue weighted by molar-refractivity contribution is 0.101. The summed E-state index contributed by atoms with van der Waals surface area (Å²) in [7, 11) is 1.71. The Bertz CT molecular complexity index is 359. The number of rotatable bonds is 6. The van der Waals surface area contributed by atoms with Crippen LogP contribution < -0.4 is 4.90 Å². The van der Waals surface area contributed by atoms with E-state index in [-0.39, 0.29) is 5.78 Å². The summed E-state index contributed by atoms with van der Waals surface area (Å²) in [5.41, 5.74) is 1.88. The molecule has 0 spiro atoms. The molecule has 0 aliphatic heterocycles. The van der Waals surface area contributed by atoms with Gasteiger partial charge in [-0.15, -0.1) is 0 Å². The van der Waals surface area contributed by atoms with Crippen LogP contribution in [0.1, 0.15) is 31.1 Å². The first-order chi connectivity index (χ1) is 8.10. The van der Waals surface area contributed by atoms with Crippen LogP contribution in [0.2, 0.25) is 0 Å². The summed E-state index contributed by atoms with van der Waals surface area (Å²) in [6, 6.07) is 8.06. The number of nitrogens with zero attached hydrogens (tertiary/aromatic N) is 1. The van der Waals surface area contributed by atoms with Crippen molar-refractivity contribution in [3.05, 3.63) is 29.8 Å². The molecule has 0 saturated heterocycles. The molecular weight excluding hydrogens is 214 g/mol. The smallest absolute Gasteiger partial charge is 0.159 e. The zero-order valence-electron chi connectivity index (χ0n) is 11.1. The third-order valence-electron chi connectivity index (χ3n) is 2.89. The van der Waals surface area contributed by atoms with Crippen LogP contribution in [-0.4, -0.2) is 32.1 Å². The second-order valence-corrected chi connectivity index (χ2v) is 4.19. The number of methoxy groups -OCH3 is 1. The number of hydrogen-bond donors (Lipinski definition) is 0. The molecule has 0 aromatic heterocycles. The highest BCUT2D eigenvalue weighted by molar-refractivity contribution is 5.94. The van der Waals surface area contributed by atoms with Crippen LogP contribution in [-0.2, 0) is 4.74 Å². The van der Waals surface area contributed by atoms with Crippen LogP contribution in [0.5, 0.6) is 0 Å². The zero-order chi connectivity index (χ0) is 12.8. The minimum Gasteiger partial charge on any atom is -0.383 e. The van der Waals surface area contributed by atoms with E-state index in [1.165, 1.54) is 0 Å². The first-order valence-corrected chi connectivity index (χ1v) is 5.96. The number of Topliss-reactive ketones (excluding diaryl/α,β-unsaturated/α-hetero) is 1. The quantitative estimate of drug-likeness (QED) is 0.710. The van der Waals surface area contributed by atoms with Crippen molar-refractivity contribution in [1.82, 2.24) is 0 Å². The number of anilines is 1. The fourth-order valence-electron chi connectivity index (χ4n) is 1.97. The average molecular weight is 235 g/mol. The SMILES string of the molecule is CCN(c1ccc(C(C)=O)cc1)C(C)COC. The molecular formula is C14H21NO2. The predicted octanol–water partition coefficient (Wildman–Crippen LogP) is 2.75. The number of ketones is 1. The van der Waals surface area contributed by atoms with Gasteiger partial charge in [0.05, 0.1) is 6.61 Å². The maximum Gasteiger partial charge on any atom is 0.159 e. The normalized spacial score (nSPS) is 12.2. The Morgan fingerprint density at radius 1 is 1.35 bits per heavy atom. The number of carbonyl (C=O) groups is 1. The Kier molecular flexibility index (Phi) is 5.16. The molecule has 0 N–H and O–H groups in total. The lowest BCUT2D eigenvalue weighted by Gasteiger charge is -2.29. The van der Waals surface area contributed by atoms with E-state index in [1.807, 2.05) is 24.3 Å². The van der Waals surface area contributed by atoms with Gasteiger partial charge in [-0.2, -0.15) is 0 Å². The lowest BCUT2D eigenvalue weighted by atomic mass is 10.1. The van der Waals surface area contributed by atoms with Gasteiger partial charge in [-0.05, 0) is 45.0 Å². The molecule has 1 rings (SSSR count). The lowest BCUT2D eigenvalue weighted by Crippen LogP contribution is -2.36. The molecule has 0 radical (unpaired) electrons. The van der Waals surface area contributed by atoms with Crippen molar-refractivity contribution < 1.29 is 9.53 Å². The Labute approximate surface area is 103 Å². The fourth-order valence-corrected chi connectivity index (χ4v) is 1.97. The van der Waals surface area contributed by atoms with Crippen LogP contribution in [0.25, 0.3) is 0 Å². The number of ether oxygens (including phenoxy) is 1. The van der Waals surface area contributed by atoms with E-state index < -0.39 is 0 Å². The van der Waals surface area contributed by atoms with E-state index in [2.05, 4.69) is 18.7 Å². The summed E-state index contributed by atoms with van der Waals surface area (Å²) in [4.78, 5) is 13.5. The second-order valence-electron chi connectivity index (χ2n) is 4.19. The highest BCUT2D eigenvalue weighted by Gasteiger charge is 2.12. The molecule has 1 atom stereocenters. The molecule has 3 heteroatoms. The Morgan fingerprint density at radius 3 is 2.35 bits per heavy atom. The van der Waals surface area contributed by atoms with E-state index >= 15 is 0 Å². The van der Waals surface area contributed by atoms with Gasteiger partial charge in [-0.1, -0.05) is 0 Å². The van der Waals surface area contributed by atoms with E-state index in [0.29, 0.717) is 12.6 Å². The van der Waals surface area contributed by atoms with Gasteiger partial charge >= 0.3 is 0 Å². The summed E-state index contributed by atoms with van der Waals surface area (Å²) in [5.74, 6) is 0.101. The van der Waals surface area contributed by atoms with Crippen molar-refractivity contribution >= 4 is 11.5 Å². The summed E-state index contributed by atoms with van der Waals surface area (Å²) < 4.78 is 5.17. The summed E-state index contributed by atoms with van der Waals surface area (Å²) in [5, 5.41) is 0. The van der Waals surface area contributed by atoms with Gasteiger partial charge in [0.2, 0.25) is 0 Å². The second kappa shape index (κ2) is 6.40. The van der Waals surface area contributed by atoms with Crippen molar-refractivity contribution in [1.29, 1.82) is 0 Å². The number of carbonyl (C=O) groups excluding carboxylic acids is 1.